The fourth-order valence-electron chi connectivity index (χ4n) is 4.34. The lowest BCUT2D eigenvalue weighted by Crippen LogP contribution is -2.36. The van der Waals surface area contributed by atoms with Crippen LogP contribution in [0.25, 0.3) is 32.5 Å². The Bertz CT molecular complexity index is 1320. The lowest BCUT2D eigenvalue weighted by molar-refractivity contribution is -0.129. The first-order valence-electron chi connectivity index (χ1n) is 11.8. The Balaban J connectivity index is 1.44. The number of rotatable bonds is 9. The van der Waals surface area contributed by atoms with Crippen LogP contribution in [0.3, 0.4) is 0 Å². The van der Waals surface area contributed by atoms with E-state index in [2.05, 4.69) is 33.1 Å². The molecule has 184 valence electrons. The van der Waals surface area contributed by atoms with Crippen molar-refractivity contribution in [1.82, 2.24) is 25.6 Å². The first kappa shape index (κ1) is 23.5. The number of ether oxygens (including phenoxy) is 1. The van der Waals surface area contributed by atoms with E-state index in [0.717, 1.165) is 76.4 Å². The van der Waals surface area contributed by atoms with Gasteiger partial charge in [0.05, 0.1) is 40.1 Å². The van der Waals surface area contributed by atoms with Gasteiger partial charge in [-0.05, 0) is 25.0 Å². The van der Waals surface area contributed by atoms with Crippen LogP contribution in [0.1, 0.15) is 25.7 Å². The molecule has 1 amide bonds. The molecule has 0 bridgehead atoms. The van der Waals surface area contributed by atoms with Crippen molar-refractivity contribution < 1.29 is 14.7 Å². The number of carbonyl (C=O) groups is 1. The van der Waals surface area contributed by atoms with Gasteiger partial charge in [0.2, 0.25) is 5.91 Å². The largest absolute Gasteiger partial charge is 0.378 e. The molecule has 0 radical (unpaired) electrons. The molecule has 0 spiro atoms. The number of H-pyrrole nitrogens is 1. The first-order chi connectivity index (χ1) is 17.1. The number of morpholine rings is 1. The van der Waals surface area contributed by atoms with E-state index in [-0.39, 0.29) is 5.91 Å². The van der Waals surface area contributed by atoms with Crippen molar-refractivity contribution in [2.24, 2.45) is 0 Å². The molecule has 1 aromatic carbocycles. The zero-order valence-electron chi connectivity index (χ0n) is 19.7. The van der Waals surface area contributed by atoms with Crippen molar-refractivity contribution >= 4 is 49.2 Å². The lowest BCUT2D eigenvalue weighted by atomic mass is 10.1. The van der Waals surface area contributed by atoms with Gasteiger partial charge in [-0.1, -0.05) is 18.6 Å². The van der Waals surface area contributed by atoms with Crippen LogP contribution in [0.5, 0.6) is 0 Å². The topological polar surface area (TPSA) is 120 Å². The molecule has 3 aromatic heterocycles. The Labute approximate surface area is 206 Å². The molecular formula is C24H29N7O3S. The minimum absolute atomic E-state index is 0.334. The number of hydrogen-bond donors (Lipinski definition) is 3. The molecule has 4 heterocycles. The molecule has 11 heteroatoms. The van der Waals surface area contributed by atoms with Crippen molar-refractivity contribution in [3.63, 3.8) is 0 Å². The number of aromatic nitrogens is 4. The van der Waals surface area contributed by atoms with Crippen LogP contribution in [-0.4, -0.2) is 71.2 Å². The van der Waals surface area contributed by atoms with E-state index in [1.807, 2.05) is 24.4 Å². The summed E-state index contributed by atoms with van der Waals surface area (Å²) in [6.07, 6.45) is 4.79. The van der Waals surface area contributed by atoms with E-state index in [1.54, 1.807) is 16.8 Å². The monoisotopic (exact) mass is 495 g/mol. The highest BCUT2D eigenvalue weighted by atomic mass is 32.1. The van der Waals surface area contributed by atoms with Gasteiger partial charge in [0.1, 0.15) is 0 Å². The zero-order chi connectivity index (χ0) is 24.2. The molecule has 1 aliphatic heterocycles. The minimum Gasteiger partial charge on any atom is -0.378 e. The quantitative estimate of drug-likeness (QED) is 0.183. The molecule has 1 saturated heterocycles. The SMILES string of the molecule is CN(CCCCCC(=O)NO)c1cc2nc(-c3cccc4[nH]ncc34)nc(N3CCOCC3)c2s1. The van der Waals surface area contributed by atoms with Gasteiger partial charge < -0.3 is 14.5 Å². The van der Waals surface area contributed by atoms with Crippen LogP contribution in [0, 0.1) is 0 Å². The van der Waals surface area contributed by atoms with Crippen LogP contribution in [0.4, 0.5) is 10.8 Å². The standard InChI is InChI=1S/C24H29N7O3S/c1-30(9-4-2-3-8-20(32)29-33)21-14-19-22(35-21)24(31-10-12-34-13-11-31)27-23(26-19)16-6-5-7-18-17(16)15-25-28-18/h5-7,14-15,33H,2-4,8-13H2,1H3,(H,25,28)(H,29,32). The highest BCUT2D eigenvalue weighted by Crippen LogP contribution is 2.39. The van der Waals surface area contributed by atoms with E-state index in [9.17, 15) is 4.79 Å². The third-order valence-corrected chi connectivity index (χ3v) is 7.51. The Morgan fingerprint density at radius 1 is 1.26 bits per heavy atom. The summed E-state index contributed by atoms with van der Waals surface area (Å²) < 4.78 is 6.66. The van der Waals surface area contributed by atoms with E-state index >= 15 is 0 Å². The van der Waals surface area contributed by atoms with Gasteiger partial charge in [0.25, 0.3) is 0 Å². The molecule has 1 aliphatic rings. The van der Waals surface area contributed by atoms with Crippen LogP contribution in [-0.2, 0) is 9.53 Å². The molecular weight excluding hydrogens is 466 g/mol. The van der Waals surface area contributed by atoms with E-state index in [4.69, 9.17) is 19.9 Å². The Kier molecular flexibility index (Phi) is 7.07. The molecule has 1 fully saturated rings. The summed E-state index contributed by atoms with van der Waals surface area (Å²) in [5.41, 5.74) is 4.54. The Hall–Kier alpha value is -3.28. The summed E-state index contributed by atoms with van der Waals surface area (Å²) >= 11 is 1.71. The maximum absolute atomic E-state index is 11.2. The van der Waals surface area contributed by atoms with Crippen LogP contribution >= 0.6 is 11.3 Å². The fraction of sp³-hybridized carbons (Fsp3) is 0.417. The smallest absolute Gasteiger partial charge is 0.243 e. The summed E-state index contributed by atoms with van der Waals surface area (Å²) in [5.74, 6) is 1.31. The van der Waals surface area contributed by atoms with Gasteiger partial charge in [0.15, 0.2) is 11.6 Å². The second kappa shape index (κ2) is 10.5. The molecule has 0 unspecified atom stereocenters. The number of unbranched alkanes of at least 4 members (excludes halogenated alkanes) is 2. The number of aromatic amines is 1. The third-order valence-electron chi connectivity index (χ3n) is 6.28. The van der Waals surface area contributed by atoms with Crippen LogP contribution in [0.15, 0.2) is 30.5 Å². The summed E-state index contributed by atoms with van der Waals surface area (Å²) in [7, 11) is 2.08. The number of amides is 1. The molecule has 3 N–H and O–H groups in total. The highest BCUT2D eigenvalue weighted by Gasteiger charge is 2.21. The van der Waals surface area contributed by atoms with Crippen LogP contribution < -0.4 is 15.3 Å². The van der Waals surface area contributed by atoms with Crippen molar-refractivity contribution in [2.75, 3.05) is 49.7 Å². The molecule has 0 aliphatic carbocycles. The number of fused-ring (bicyclic) bond motifs is 2. The van der Waals surface area contributed by atoms with Gasteiger partial charge in [-0.2, -0.15) is 5.10 Å². The summed E-state index contributed by atoms with van der Waals surface area (Å²) in [5, 5.41) is 18.0. The maximum Gasteiger partial charge on any atom is 0.243 e. The Morgan fingerprint density at radius 3 is 2.94 bits per heavy atom. The second-order valence-corrected chi connectivity index (χ2v) is 9.70. The number of hydrogen-bond acceptors (Lipinski definition) is 9. The van der Waals surface area contributed by atoms with Crippen molar-refractivity contribution in [3.05, 3.63) is 30.5 Å². The van der Waals surface area contributed by atoms with E-state index in [1.165, 1.54) is 0 Å². The number of benzene rings is 1. The predicted octanol–water partition coefficient (Wildman–Crippen LogP) is 3.57. The summed E-state index contributed by atoms with van der Waals surface area (Å²) in [6, 6.07) is 8.18. The molecule has 5 rings (SSSR count). The first-order valence-corrected chi connectivity index (χ1v) is 12.7. The minimum atomic E-state index is -0.334. The van der Waals surface area contributed by atoms with Crippen LogP contribution in [0.2, 0.25) is 0 Å². The van der Waals surface area contributed by atoms with Gasteiger partial charge in [0, 0.05) is 44.1 Å². The number of anilines is 2. The molecule has 4 aromatic rings. The van der Waals surface area contributed by atoms with E-state index < -0.39 is 0 Å². The zero-order valence-corrected chi connectivity index (χ0v) is 20.5. The van der Waals surface area contributed by atoms with Crippen molar-refractivity contribution in [1.29, 1.82) is 0 Å². The second-order valence-electron chi connectivity index (χ2n) is 8.67. The number of nitrogens with one attached hydrogen (secondary N) is 2. The third kappa shape index (κ3) is 5.07. The number of nitrogens with zero attached hydrogens (tertiary/aromatic N) is 5. The summed E-state index contributed by atoms with van der Waals surface area (Å²) in [4.78, 5) is 25.7. The predicted molar refractivity (Wildman–Crippen MR) is 137 cm³/mol. The fourth-order valence-corrected chi connectivity index (χ4v) is 5.44. The molecule has 0 saturated carbocycles. The lowest BCUT2D eigenvalue weighted by Gasteiger charge is -2.28. The summed E-state index contributed by atoms with van der Waals surface area (Å²) in [6.45, 7) is 3.84. The van der Waals surface area contributed by atoms with Gasteiger partial charge in [-0.25, -0.2) is 15.4 Å². The highest BCUT2D eigenvalue weighted by molar-refractivity contribution is 7.23. The van der Waals surface area contributed by atoms with Gasteiger partial charge in [-0.3, -0.25) is 15.1 Å². The van der Waals surface area contributed by atoms with Gasteiger partial charge in [-0.15, -0.1) is 11.3 Å². The average Bonchev–Trinajstić information content (AvgIpc) is 3.55. The van der Waals surface area contributed by atoms with Crippen molar-refractivity contribution in [2.45, 2.75) is 25.7 Å². The van der Waals surface area contributed by atoms with Crippen molar-refractivity contribution in [3.8, 4) is 11.4 Å². The number of thiophene rings is 1. The molecule has 10 nitrogen and oxygen atoms in total. The molecule has 35 heavy (non-hydrogen) atoms. The number of carbonyl (C=O) groups excluding carboxylic acids is 1. The Morgan fingerprint density at radius 2 is 2.11 bits per heavy atom. The molecule has 0 atom stereocenters. The maximum atomic E-state index is 11.2. The van der Waals surface area contributed by atoms with Gasteiger partial charge >= 0.3 is 0 Å². The van der Waals surface area contributed by atoms with E-state index in [0.29, 0.717) is 25.5 Å². The average molecular weight is 496 g/mol. The number of hydroxylamine groups is 1. The normalized spacial score (nSPS) is 14.1.